The molecule has 0 bridgehead atoms. The van der Waals surface area contributed by atoms with Gasteiger partial charge < -0.3 is 64.2 Å². The number of ether oxygens (including phenoxy) is 6. The zero-order valence-electron chi connectivity index (χ0n) is 39.0. The van der Waals surface area contributed by atoms with Crippen molar-refractivity contribution in [2.24, 2.45) is 0 Å². The Morgan fingerprint density at radius 2 is 0.938 bits per heavy atom. The van der Waals surface area contributed by atoms with Gasteiger partial charge in [0.2, 0.25) is 0 Å². The Kier molecular flexibility index (Phi) is 33.3. The maximum absolute atomic E-state index is 13.0. The van der Waals surface area contributed by atoms with Gasteiger partial charge in [0.15, 0.2) is 18.7 Å². The number of rotatable bonds is 37. The molecule has 2 fully saturated rings. The first kappa shape index (κ1) is 57.8. The second-order valence-corrected chi connectivity index (χ2v) is 17.3. The molecule has 4 unspecified atom stereocenters. The molecule has 7 N–H and O–H groups in total. The van der Waals surface area contributed by atoms with Gasteiger partial charge >= 0.3 is 11.9 Å². The van der Waals surface area contributed by atoms with Gasteiger partial charge in [0.25, 0.3) is 0 Å². The number of unbranched alkanes of at least 4 members (excludes halogenated alkanes) is 17. The topological polar surface area (TPSA) is 231 Å². The third kappa shape index (κ3) is 25.0. The molecule has 2 aliphatic heterocycles. The summed E-state index contributed by atoms with van der Waals surface area (Å²) in [6, 6.07) is 0. The molecule has 64 heavy (non-hydrogen) atoms. The number of carbonyl (C=O) groups excluding carboxylic acids is 2. The molecule has 0 aromatic carbocycles. The molecule has 0 aliphatic carbocycles. The molecule has 372 valence electrons. The highest BCUT2D eigenvalue weighted by atomic mass is 16.7. The molecule has 2 rings (SSSR count). The Morgan fingerprint density at radius 3 is 1.50 bits per heavy atom. The summed E-state index contributed by atoms with van der Waals surface area (Å²) < 4.78 is 33.5. The van der Waals surface area contributed by atoms with Gasteiger partial charge in [-0.3, -0.25) is 9.59 Å². The fraction of sp³-hybridized carbons (Fsp3) is 0.837. The molecule has 15 nitrogen and oxygen atoms in total. The highest BCUT2D eigenvalue weighted by Crippen LogP contribution is 2.26. The van der Waals surface area contributed by atoms with E-state index in [1.54, 1.807) is 0 Å². The largest absolute Gasteiger partial charge is 0.462 e. The first-order valence-corrected chi connectivity index (χ1v) is 24.6. The lowest BCUT2D eigenvalue weighted by molar-refractivity contribution is -0.332. The lowest BCUT2D eigenvalue weighted by Crippen LogP contribution is -2.61. The standard InChI is InChI=1S/C49H86O15/c1-3-5-7-9-11-13-15-17-18-20-21-23-25-27-29-31-40(51)59-34-37(62-41(52)32-30-28-26-24-22-19-16-14-12-10-8-6-4-2)35-60-48-47(58)45(56)43(54)39(64-48)36-61-49-46(57)44(55)42(53)38(33-50)63-49/h11,13-14,16-18,37-39,42-50,53-58H,3-10,12,15,19-36H2,1-2H3/b13-11+,16-14+,18-17+/t37-,38-,39-,42+,43+,44?,45?,46?,47?,48-,49-/m1/s1. The number of aliphatic hydroxyl groups excluding tert-OH is 7. The third-order valence-electron chi connectivity index (χ3n) is 11.6. The van der Waals surface area contributed by atoms with Crippen molar-refractivity contribution in [2.45, 2.75) is 235 Å². The average molecular weight is 915 g/mol. The number of carbonyl (C=O) groups is 2. The molecule has 0 aromatic rings. The van der Waals surface area contributed by atoms with Crippen LogP contribution in [-0.2, 0) is 38.0 Å². The third-order valence-corrected chi connectivity index (χ3v) is 11.6. The number of hydrogen-bond donors (Lipinski definition) is 7. The van der Waals surface area contributed by atoms with Gasteiger partial charge in [-0.15, -0.1) is 0 Å². The van der Waals surface area contributed by atoms with Crippen LogP contribution in [0.1, 0.15) is 168 Å². The van der Waals surface area contributed by atoms with E-state index in [4.69, 9.17) is 28.4 Å². The predicted molar refractivity (Wildman–Crippen MR) is 243 cm³/mol. The van der Waals surface area contributed by atoms with Crippen LogP contribution in [0.15, 0.2) is 36.5 Å². The summed E-state index contributed by atoms with van der Waals surface area (Å²) in [6.45, 7) is 2.51. The number of esters is 2. The molecule has 0 aromatic heterocycles. The van der Waals surface area contributed by atoms with Gasteiger partial charge in [0.05, 0.1) is 19.8 Å². The molecule has 15 heteroatoms. The molecule has 0 amide bonds. The quantitative estimate of drug-likeness (QED) is 0.0211. The highest BCUT2D eigenvalue weighted by molar-refractivity contribution is 5.70. The first-order chi connectivity index (χ1) is 31.0. The van der Waals surface area contributed by atoms with E-state index in [0.29, 0.717) is 12.8 Å². The minimum Gasteiger partial charge on any atom is -0.462 e. The zero-order valence-corrected chi connectivity index (χ0v) is 39.0. The van der Waals surface area contributed by atoms with Crippen molar-refractivity contribution in [3.8, 4) is 0 Å². The number of aliphatic hydroxyl groups is 7. The second kappa shape index (κ2) is 36.8. The van der Waals surface area contributed by atoms with Crippen molar-refractivity contribution < 1.29 is 73.8 Å². The van der Waals surface area contributed by atoms with Gasteiger partial charge in [-0.05, 0) is 70.6 Å². The Morgan fingerprint density at radius 1 is 0.500 bits per heavy atom. The summed E-state index contributed by atoms with van der Waals surface area (Å²) in [6.07, 6.45) is 20.3. The minimum atomic E-state index is -1.77. The van der Waals surface area contributed by atoms with Crippen LogP contribution in [0, 0.1) is 0 Å². The summed E-state index contributed by atoms with van der Waals surface area (Å²) in [5.74, 6) is -0.952. The summed E-state index contributed by atoms with van der Waals surface area (Å²) in [7, 11) is 0. The molecule has 11 atom stereocenters. The van der Waals surface area contributed by atoms with Crippen LogP contribution >= 0.6 is 0 Å². The van der Waals surface area contributed by atoms with E-state index >= 15 is 0 Å². The van der Waals surface area contributed by atoms with Crippen LogP contribution in [-0.4, -0.2) is 142 Å². The van der Waals surface area contributed by atoms with E-state index in [2.05, 4.69) is 50.3 Å². The first-order valence-electron chi connectivity index (χ1n) is 24.6. The van der Waals surface area contributed by atoms with Crippen LogP contribution in [0.25, 0.3) is 0 Å². The molecule has 2 heterocycles. The maximum Gasteiger partial charge on any atom is 0.306 e. The summed E-state index contributed by atoms with van der Waals surface area (Å²) >= 11 is 0. The fourth-order valence-corrected chi connectivity index (χ4v) is 7.48. The van der Waals surface area contributed by atoms with Crippen molar-refractivity contribution in [3.63, 3.8) is 0 Å². The van der Waals surface area contributed by atoms with E-state index in [1.807, 2.05) is 0 Å². The van der Waals surface area contributed by atoms with Crippen molar-refractivity contribution in [1.82, 2.24) is 0 Å². The Hall–Kier alpha value is -2.28. The molecule has 2 saturated heterocycles. The monoisotopic (exact) mass is 915 g/mol. The van der Waals surface area contributed by atoms with Crippen LogP contribution in [0.5, 0.6) is 0 Å². The Labute approximate surface area is 383 Å². The van der Waals surface area contributed by atoms with Crippen LogP contribution in [0.4, 0.5) is 0 Å². The second-order valence-electron chi connectivity index (χ2n) is 17.3. The van der Waals surface area contributed by atoms with Gasteiger partial charge in [-0.25, -0.2) is 0 Å². The summed E-state index contributed by atoms with van der Waals surface area (Å²) in [5, 5.41) is 72.0. The van der Waals surface area contributed by atoms with Crippen molar-refractivity contribution in [3.05, 3.63) is 36.5 Å². The smallest absolute Gasteiger partial charge is 0.306 e. The lowest BCUT2D eigenvalue weighted by atomic mass is 9.98. The van der Waals surface area contributed by atoms with Gasteiger partial charge in [-0.1, -0.05) is 121 Å². The Balaban J connectivity index is 1.84. The SMILES string of the molecule is CCCCC/C=C/C/C=C/CCCCCCCC(=O)OC[C@H](CO[C@@H]1O[C@H](CO[C@@H]2O[C@H](CO)[C@H](O)C(O)C2O)[C@H](O)C(O)C1O)OC(=O)CCCCCCC/C=C/CCCCCC. The van der Waals surface area contributed by atoms with Crippen molar-refractivity contribution in [1.29, 1.82) is 0 Å². The normalized spacial score (nSPS) is 26.9. The van der Waals surface area contributed by atoms with E-state index in [9.17, 15) is 45.3 Å². The molecule has 0 spiro atoms. The minimum absolute atomic E-state index is 0.152. The molecule has 0 radical (unpaired) electrons. The van der Waals surface area contributed by atoms with Crippen LogP contribution in [0.2, 0.25) is 0 Å². The van der Waals surface area contributed by atoms with Crippen LogP contribution in [0.3, 0.4) is 0 Å². The molecule has 2 aliphatic rings. The van der Waals surface area contributed by atoms with Gasteiger partial charge in [-0.2, -0.15) is 0 Å². The predicted octanol–water partition coefficient (Wildman–Crippen LogP) is 6.15. The fourth-order valence-electron chi connectivity index (χ4n) is 7.48. The van der Waals surface area contributed by atoms with Gasteiger partial charge in [0, 0.05) is 12.8 Å². The Bertz CT molecular complexity index is 1260. The van der Waals surface area contributed by atoms with Crippen molar-refractivity contribution >= 4 is 11.9 Å². The average Bonchev–Trinajstić information content (AvgIpc) is 3.29. The van der Waals surface area contributed by atoms with E-state index in [0.717, 1.165) is 83.5 Å². The maximum atomic E-state index is 13.0. The molecular weight excluding hydrogens is 829 g/mol. The van der Waals surface area contributed by atoms with Gasteiger partial charge in [0.1, 0.15) is 55.4 Å². The molecule has 0 saturated carbocycles. The number of allylic oxidation sites excluding steroid dienone is 6. The zero-order chi connectivity index (χ0) is 46.8. The molecular formula is C49H86O15. The lowest BCUT2D eigenvalue weighted by Gasteiger charge is -2.42. The van der Waals surface area contributed by atoms with Crippen LogP contribution < -0.4 is 0 Å². The van der Waals surface area contributed by atoms with E-state index in [1.165, 1.54) is 44.9 Å². The van der Waals surface area contributed by atoms with E-state index in [-0.39, 0.29) is 26.1 Å². The number of hydrogen-bond acceptors (Lipinski definition) is 15. The van der Waals surface area contributed by atoms with E-state index < -0.39 is 92.7 Å². The van der Waals surface area contributed by atoms with Crippen molar-refractivity contribution in [2.75, 3.05) is 26.4 Å². The highest BCUT2D eigenvalue weighted by Gasteiger charge is 2.47. The summed E-state index contributed by atoms with van der Waals surface area (Å²) in [4.78, 5) is 25.7. The summed E-state index contributed by atoms with van der Waals surface area (Å²) in [5.41, 5.74) is 0.